The molecule has 0 saturated heterocycles. The van der Waals surface area contributed by atoms with Crippen LogP contribution in [0.5, 0.6) is 0 Å². The van der Waals surface area contributed by atoms with Crippen molar-refractivity contribution in [2.75, 3.05) is 6.61 Å². The molecule has 0 N–H and O–H groups in total. The van der Waals surface area contributed by atoms with Gasteiger partial charge < -0.3 is 21.7 Å². The number of aromatic nitrogens is 2. The topological polar surface area (TPSA) is 43.1 Å². The Kier molecular flexibility index (Phi) is 6.15. The van der Waals surface area contributed by atoms with E-state index in [0.717, 1.165) is 11.3 Å². The van der Waals surface area contributed by atoms with Crippen molar-refractivity contribution in [2.45, 2.75) is 13.5 Å². The third-order valence-electron chi connectivity index (χ3n) is 2.46. The molecule has 1 aromatic heterocycles. The second kappa shape index (κ2) is 7.63. The number of carbonyl (C=O) groups excluding carboxylic acids is 1. The molecule has 0 aliphatic rings. The van der Waals surface area contributed by atoms with Crippen LogP contribution in [0.1, 0.15) is 6.92 Å². The zero-order valence-electron chi connectivity index (χ0n) is 10.6. The van der Waals surface area contributed by atoms with Crippen molar-refractivity contribution in [3.8, 4) is 11.3 Å². The molecule has 0 amide bonds. The summed E-state index contributed by atoms with van der Waals surface area (Å²) in [4.78, 5) is 15.6. The monoisotopic (exact) mass is 322 g/mol. The van der Waals surface area contributed by atoms with Gasteiger partial charge in [-0.1, -0.05) is 30.3 Å². The molecule has 0 saturated carbocycles. The molecule has 0 spiro atoms. The molecule has 0 fully saturated rings. The van der Waals surface area contributed by atoms with Gasteiger partial charge in [0.25, 0.3) is 6.33 Å². The van der Waals surface area contributed by atoms with Crippen LogP contribution in [0.4, 0.5) is 0 Å². The molecule has 0 aliphatic heterocycles. The quantitative estimate of drug-likeness (QED) is 0.514. The highest BCUT2D eigenvalue weighted by Crippen LogP contribution is 2.13. The number of rotatable bonds is 4. The average Bonchev–Trinajstić information content (AvgIpc) is 2.41. The Balaban J connectivity index is 0.00000180. The predicted octanol–water partition coefficient (Wildman–Crippen LogP) is -1.40. The fourth-order valence-electron chi connectivity index (χ4n) is 1.61. The first-order valence-electron chi connectivity index (χ1n) is 5.85. The van der Waals surface area contributed by atoms with Crippen LogP contribution in [0.25, 0.3) is 11.3 Å². The summed E-state index contributed by atoms with van der Waals surface area (Å²) in [5.41, 5.74) is 1.94. The van der Waals surface area contributed by atoms with E-state index in [9.17, 15) is 4.79 Å². The molecule has 0 bridgehead atoms. The van der Waals surface area contributed by atoms with Crippen molar-refractivity contribution >= 4 is 5.97 Å². The summed E-state index contributed by atoms with van der Waals surface area (Å²) < 4.78 is 6.57. The van der Waals surface area contributed by atoms with E-state index in [2.05, 4.69) is 4.98 Å². The summed E-state index contributed by atoms with van der Waals surface area (Å²) in [6.45, 7) is 2.38. The molecule has 4 nitrogen and oxygen atoms in total. The lowest BCUT2D eigenvalue weighted by Crippen LogP contribution is -3.00. The third-order valence-corrected chi connectivity index (χ3v) is 2.46. The van der Waals surface area contributed by atoms with Crippen LogP contribution in [-0.2, 0) is 16.1 Å². The van der Waals surface area contributed by atoms with E-state index in [4.69, 9.17) is 4.74 Å². The minimum absolute atomic E-state index is 0. The molecule has 19 heavy (non-hydrogen) atoms. The lowest BCUT2D eigenvalue weighted by molar-refractivity contribution is -0.688. The molecule has 1 heterocycles. The van der Waals surface area contributed by atoms with Gasteiger partial charge in [-0.05, 0) is 11.9 Å². The number of hydrogen-bond donors (Lipinski definition) is 0. The van der Waals surface area contributed by atoms with Crippen LogP contribution >= 0.6 is 0 Å². The van der Waals surface area contributed by atoms with E-state index in [1.54, 1.807) is 17.8 Å². The standard InChI is InChI=1S/C14H15N2O2.BrH/c1-2-18-14(17)10-16-9-8-13(15-11-16)12-6-4-3-5-7-12;/h3-9,11H,2,10H2,1H3;1H/q+1;/p-1. The first-order valence-corrected chi connectivity index (χ1v) is 5.85. The minimum Gasteiger partial charge on any atom is -1.00 e. The largest absolute Gasteiger partial charge is 1.00 e. The lowest BCUT2D eigenvalue weighted by atomic mass is 10.1. The smallest absolute Gasteiger partial charge is 0.348 e. The Labute approximate surface area is 122 Å². The molecule has 1 aromatic carbocycles. The lowest BCUT2D eigenvalue weighted by Gasteiger charge is -2.00. The van der Waals surface area contributed by atoms with Crippen molar-refractivity contribution in [3.05, 3.63) is 48.9 Å². The highest BCUT2D eigenvalue weighted by molar-refractivity contribution is 5.67. The van der Waals surface area contributed by atoms with Crippen LogP contribution in [0.3, 0.4) is 0 Å². The van der Waals surface area contributed by atoms with Crippen LogP contribution < -0.4 is 21.5 Å². The number of benzene rings is 1. The second-order valence-electron chi connectivity index (χ2n) is 3.79. The van der Waals surface area contributed by atoms with Gasteiger partial charge in [-0.25, -0.2) is 9.36 Å². The highest BCUT2D eigenvalue weighted by Gasteiger charge is 2.09. The summed E-state index contributed by atoms with van der Waals surface area (Å²) in [5.74, 6) is -0.253. The number of carbonyl (C=O) groups is 1. The van der Waals surface area contributed by atoms with Gasteiger partial charge in [-0.3, -0.25) is 0 Å². The average molecular weight is 323 g/mol. The van der Waals surface area contributed by atoms with Crippen LogP contribution in [0, 0.1) is 0 Å². The first kappa shape index (κ1) is 15.3. The van der Waals surface area contributed by atoms with Crippen molar-refractivity contribution < 1.29 is 31.1 Å². The summed E-state index contributed by atoms with van der Waals surface area (Å²) in [5, 5.41) is 0. The van der Waals surface area contributed by atoms with Gasteiger partial charge in [0.2, 0.25) is 0 Å². The minimum atomic E-state index is -0.253. The Hall–Kier alpha value is -1.75. The van der Waals surface area contributed by atoms with E-state index in [0.29, 0.717) is 6.61 Å². The number of esters is 1. The molecule has 0 radical (unpaired) electrons. The van der Waals surface area contributed by atoms with Gasteiger partial charge in [0.15, 0.2) is 12.2 Å². The maximum Gasteiger partial charge on any atom is 0.348 e. The number of hydrogen-bond acceptors (Lipinski definition) is 3. The van der Waals surface area contributed by atoms with Crippen molar-refractivity contribution in [3.63, 3.8) is 0 Å². The maximum atomic E-state index is 11.3. The van der Waals surface area contributed by atoms with Gasteiger partial charge in [0, 0.05) is 11.6 Å². The maximum absolute atomic E-state index is 11.3. The van der Waals surface area contributed by atoms with E-state index in [1.165, 1.54) is 0 Å². The zero-order chi connectivity index (χ0) is 12.8. The Morgan fingerprint density at radius 2 is 2.00 bits per heavy atom. The van der Waals surface area contributed by atoms with Crippen LogP contribution in [0.2, 0.25) is 0 Å². The Bertz CT molecular complexity index is 515. The van der Waals surface area contributed by atoms with E-state index >= 15 is 0 Å². The summed E-state index contributed by atoms with van der Waals surface area (Å²) in [6.07, 6.45) is 3.46. The van der Waals surface area contributed by atoms with Gasteiger partial charge in [-0.15, -0.1) is 0 Å². The molecule has 100 valence electrons. The second-order valence-corrected chi connectivity index (χ2v) is 3.79. The van der Waals surface area contributed by atoms with Crippen molar-refractivity contribution in [2.24, 2.45) is 0 Å². The molecule has 0 aliphatic carbocycles. The van der Waals surface area contributed by atoms with Crippen molar-refractivity contribution in [1.29, 1.82) is 0 Å². The number of nitrogens with zero attached hydrogens (tertiary/aromatic N) is 2. The number of ether oxygens (including phenoxy) is 1. The van der Waals surface area contributed by atoms with Gasteiger partial charge in [-0.2, -0.15) is 0 Å². The summed E-state index contributed by atoms with van der Waals surface area (Å²) >= 11 is 0. The predicted molar refractivity (Wildman–Crippen MR) is 66.5 cm³/mol. The summed E-state index contributed by atoms with van der Waals surface area (Å²) in [6, 6.07) is 11.8. The van der Waals surface area contributed by atoms with Gasteiger partial charge in [0.1, 0.15) is 0 Å². The molecule has 2 rings (SSSR count). The molecule has 0 atom stereocenters. The third kappa shape index (κ3) is 4.44. The molecule has 2 aromatic rings. The fraction of sp³-hybridized carbons (Fsp3) is 0.214. The highest BCUT2D eigenvalue weighted by atomic mass is 79.9. The normalized spacial score (nSPS) is 9.53. The van der Waals surface area contributed by atoms with E-state index in [-0.39, 0.29) is 29.5 Å². The SMILES string of the molecule is CCOC(=O)C[n+]1ccc(-c2ccccc2)nc1.[Br-]. The van der Waals surface area contributed by atoms with Crippen molar-refractivity contribution in [1.82, 2.24) is 4.98 Å². The first-order chi connectivity index (χ1) is 8.79. The van der Waals surface area contributed by atoms with E-state index < -0.39 is 0 Å². The van der Waals surface area contributed by atoms with Gasteiger partial charge in [0.05, 0.1) is 12.8 Å². The Morgan fingerprint density at radius 3 is 2.58 bits per heavy atom. The molecular weight excluding hydrogens is 308 g/mol. The van der Waals surface area contributed by atoms with Gasteiger partial charge >= 0.3 is 5.97 Å². The fourth-order valence-corrected chi connectivity index (χ4v) is 1.61. The summed E-state index contributed by atoms with van der Waals surface area (Å²) in [7, 11) is 0. The zero-order valence-corrected chi connectivity index (χ0v) is 12.2. The molecule has 5 heteroatoms. The van der Waals surface area contributed by atoms with Crippen LogP contribution in [-0.4, -0.2) is 17.6 Å². The molecule has 0 unspecified atom stereocenters. The molecular formula is C14H15BrN2O2. The van der Waals surface area contributed by atoms with Crippen LogP contribution in [0.15, 0.2) is 48.9 Å². The van der Waals surface area contributed by atoms with E-state index in [1.807, 2.05) is 42.6 Å². The number of halogens is 1. The Morgan fingerprint density at radius 1 is 1.26 bits per heavy atom.